The lowest BCUT2D eigenvalue weighted by Gasteiger charge is -2.30. The van der Waals surface area contributed by atoms with Crippen LogP contribution in [-0.2, 0) is 11.3 Å². The van der Waals surface area contributed by atoms with E-state index in [1.54, 1.807) is 0 Å². The molecule has 1 aromatic heterocycles. The largest absolute Gasteiger partial charge is 0.342 e. The first-order chi connectivity index (χ1) is 12.6. The quantitative estimate of drug-likeness (QED) is 0.719. The second-order valence-corrected chi connectivity index (χ2v) is 8.12. The van der Waals surface area contributed by atoms with Crippen molar-refractivity contribution in [1.82, 2.24) is 19.7 Å². The van der Waals surface area contributed by atoms with Crippen molar-refractivity contribution in [1.29, 1.82) is 0 Å². The molecule has 1 aliphatic rings. The minimum Gasteiger partial charge on any atom is -0.342 e. The maximum atomic E-state index is 12.5. The van der Waals surface area contributed by atoms with Gasteiger partial charge >= 0.3 is 0 Å². The normalized spacial score (nSPS) is 15.4. The third-order valence-electron chi connectivity index (χ3n) is 4.90. The Labute approximate surface area is 160 Å². The van der Waals surface area contributed by atoms with Gasteiger partial charge in [-0.2, -0.15) is 0 Å². The summed E-state index contributed by atoms with van der Waals surface area (Å²) in [5.74, 6) is 2.27. The minimum absolute atomic E-state index is 0.213. The van der Waals surface area contributed by atoms with Crippen LogP contribution in [-0.4, -0.2) is 44.4 Å². The van der Waals surface area contributed by atoms with Gasteiger partial charge in [0, 0.05) is 25.2 Å². The fourth-order valence-corrected chi connectivity index (χ4v) is 4.16. The molecule has 140 valence electrons. The van der Waals surface area contributed by atoms with Gasteiger partial charge in [-0.05, 0) is 38.2 Å². The number of hydrogen-bond donors (Lipinski definition) is 0. The van der Waals surface area contributed by atoms with Crippen molar-refractivity contribution in [2.24, 2.45) is 5.92 Å². The number of hydrogen-bond acceptors (Lipinski definition) is 4. The van der Waals surface area contributed by atoms with Crippen molar-refractivity contribution in [3.05, 3.63) is 29.8 Å². The Morgan fingerprint density at radius 2 is 2.04 bits per heavy atom. The molecule has 0 unspecified atom stereocenters. The zero-order valence-electron chi connectivity index (χ0n) is 15.9. The Morgan fingerprint density at radius 1 is 1.27 bits per heavy atom. The number of amides is 1. The molecule has 3 rings (SSSR count). The van der Waals surface area contributed by atoms with Crippen LogP contribution >= 0.6 is 11.8 Å². The van der Waals surface area contributed by atoms with Crippen molar-refractivity contribution < 1.29 is 4.79 Å². The first-order valence-electron chi connectivity index (χ1n) is 9.49. The zero-order valence-corrected chi connectivity index (χ0v) is 16.8. The fraction of sp³-hybridized carbons (Fsp3) is 0.550. The Bertz CT molecular complexity index is 750. The number of rotatable bonds is 6. The number of carbonyl (C=O) groups excluding carboxylic acids is 1. The molecule has 1 aliphatic heterocycles. The van der Waals surface area contributed by atoms with Crippen molar-refractivity contribution in [3.8, 4) is 11.4 Å². The molecular formula is C20H28N4OS. The summed E-state index contributed by atoms with van der Waals surface area (Å²) in [7, 11) is 0. The van der Waals surface area contributed by atoms with Crippen molar-refractivity contribution in [3.63, 3.8) is 0 Å². The molecule has 1 saturated heterocycles. The van der Waals surface area contributed by atoms with Gasteiger partial charge in [0.2, 0.25) is 5.91 Å². The summed E-state index contributed by atoms with van der Waals surface area (Å²) in [6.45, 7) is 9.12. The number of likely N-dealkylation sites (tertiary alicyclic amines) is 1. The lowest BCUT2D eigenvalue weighted by Crippen LogP contribution is -2.38. The Morgan fingerprint density at radius 3 is 2.73 bits per heavy atom. The van der Waals surface area contributed by atoms with E-state index in [9.17, 15) is 4.79 Å². The second-order valence-electron chi connectivity index (χ2n) is 7.18. The van der Waals surface area contributed by atoms with E-state index < -0.39 is 0 Å². The van der Waals surface area contributed by atoms with Crippen molar-refractivity contribution >= 4 is 17.7 Å². The van der Waals surface area contributed by atoms with E-state index in [4.69, 9.17) is 0 Å². The predicted molar refractivity (Wildman–Crippen MR) is 106 cm³/mol. The van der Waals surface area contributed by atoms with Gasteiger partial charge in [-0.25, -0.2) is 0 Å². The van der Waals surface area contributed by atoms with Gasteiger partial charge in [0.1, 0.15) is 0 Å². The van der Waals surface area contributed by atoms with Crippen molar-refractivity contribution in [2.45, 2.75) is 51.7 Å². The van der Waals surface area contributed by atoms with Crippen molar-refractivity contribution in [2.75, 3.05) is 18.8 Å². The van der Waals surface area contributed by atoms with Gasteiger partial charge in [0.15, 0.2) is 11.0 Å². The maximum Gasteiger partial charge on any atom is 0.233 e. The summed E-state index contributed by atoms with van der Waals surface area (Å²) in [5.41, 5.74) is 2.28. The third-order valence-corrected chi connectivity index (χ3v) is 5.85. The maximum absolute atomic E-state index is 12.5. The molecule has 0 aliphatic carbocycles. The molecule has 1 fully saturated rings. The highest BCUT2D eigenvalue weighted by Crippen LogP contribution is 2.26. The zero-order chi connectivity index (χ0) is 18.5. The summed E-state index contributed by atoms with van der Waals surface area (Å²) in [6, 6.07) is 8.32. The van der Waals surface area contributed by atoms with Gasteiger partial charge in [0.25, 0.3) is 0 Å². The topological polar surface area (TPSA) is 51.0 Å². The SMILES string of the molecule is CCCn1c(SCC(=O)N2CCC(C)CC2)nnc1-c1cccc(C)c1. The van der Waals surface area contributed by atoms with Gasteiger partial charge in [-0.3, -0.25) is 4.79 Å². The smallest absolute Gasteiger partial charge is 0.233 e. The number of thioether (sulfide) groups is 1. The van der Waals surface area contributed by atoms with Crippen LogP contribution in [0.1, 0.15) is 38.7 Å². The molecule has 6 heteroatoms. The lowest BCUT2D eigenvalue weighted by molar-refractivity contribution is -0.129. The highest BCUT2D eigenvalue weighted by molar-refractivity contribution is 7.99. The first-order valence-corrected chi connectivity index (χ1v) is 10.5. The van der Waals surface area contributed by atoms with Crippen LogP contribution in [0.5, 0.6) is 0 Å². The molecule has 0 spiro atoms. The van der Waals surface area contributed by atoms with E-state index in [0.29, 0.717) is 5.75 Å². The standard InChI is InChI=1S/C20H28N4OS/c1-4-10-24-19(17-7-5-6-16(3)13-17)21-22-20(24)26-14-18(25)23-11-8-15(2)9-12-23/h5-7,13,15H,4,8-12,14H2,1-3H3. The van der Waals surface area contributed by atoms with E-state index in [0.717, 1.165) is 61.4 Å². The van der Waals surface area contributed by atoms with Gasteiger partial charge in [0.05, 0.1) is 5.75 Å². The highest BCUT2D eigenvalue weighted by Gasteiger charge is 2.21. The number of carbonyl (C=O) groups is 1. The Balaban J connectivity index is 1.71. The monoisotopic (exact) mass is 372 g/mol. The molecule has 0 bridgehead atoms. The van der Waals surface area contributed by atoms with Crippen LogP contribution in [0.2, 0.25) is 0 Å². The second kappa shape index (κ2) is 8.71. The third kappa shape index (κ3) is 4.47. The minimum atomic E-state index is 0.213. The fourth-order valence-electron chi connectivity index (χ4n) is 3.29. The van der Waals surface area contributed by atoms with E-state index in [2.05, 4.69) is 53.7 Å². The molecule has 0 atom stereocenters. The molecule has 0 radical (unpaired) electrons. The summed E-state index contributed by atoms with van der Waals surface area (Å²) in [4.78, 5) is 14.5. The molecule has 1 aromatic carbocycles. The Kier molecular flexibility index (Phi) is 6.35. The molecule has 0 N–H and O–H groups in total. The molecular weight excluding hydrogens is 344 g/mol. The molecule has 0 saturated carbocycles. The lowest BCUT2D eigenvalue weighted by atomic mass is 9.99. The number of aryl methyl sites for hydroxylation is 1. The summed E-state index contributed by atoms with van der Waals surface area (Å²) in [6.07, 6.45) is 3.22. The predicted octanol–water partition coefficient (Wildman–Crippen LogP) is 4.01. The van der Waals surface area contributed by atoms with Crippen LogP contribution in [0.15, 0.2) is 29.4 Å². The van der Waals surface area contributed by atoms with Crippen LogP contribution in [0.3, 0.4) is 0 Å². The van der Waals surface area contributed by atoms with Crippen LogP contribution in [0.25, 0.3) is 11.4 Å². The molecule has 2 aromatic rings. The van der Waals surface area contributed by atoms with E-state index >= 15 is 0 Å². The first kappa shape index (κ1) is 19.0. The van der Waals surface area contributed by atoms with E-state index in [1.807, 2.05) is 11.0 Å². The molecule has 26 heavy (non-hydrogen) atoms. The number of piperidine rings is 1. The van der Waals surface area contributed by atoms with E-state index in [1.165, 1.54) is 17.3 Å². The Hall–Kier alpha value is -1.82. The summed E-state index contributed by atoms with van der Waals surface area (Å²) >= 11 is 1.51. The highest BCUT2D eigenvalue weighted by atomic mass is 32.2. The average Bonchev–Trinajstić information content (AvgIpc) is 3.03. The number of aromatic nitrogens is 3. The summed E-state index contributed by atoms with van der Waals surface area (Å²) < 4.78 is 2.14. The van der Waals surface area contributed by atoms with Gasteiger partial charge in [-0.15, -0.1) is 10.2 Å². The molecule has 2 heterocycles. The average molecular weight is 373 g/mol. The van der Waals surface area contributed by atoms with Crippen LogP contribution in [0, 0.1) is 12.8 Å². The van der Waals surface area contributed by atoms with Gasteiger partial charge in [-0.1, -0.05) is 49.4 Å². The number of benzene rings is 1. The molecule has 1 amide bonds. The molecule has 5 nitrogen and oxygen atoms in total. The summed E-state index contributed by atoms with van der Waals surface area (Å²) in [5, 5.41) is 9.62. The van der Waals surface area contributed by atoms with Crippen LogP contribution in [0.4, 0.5) is 0 Å². The van der Waals surface area contributed by atoms with E-state index in [-0.39, 0.29) is 5.91 Å². The number of nitrogens with zero attached hydrogens (tertiary/aromatic N) is 4. The van der Waals surface area contributed by atoms with Gasteiger partial charge < -0.3 is 9.47 Å². The van der Waals surface area contributed by atoms with Crippen LogP contribution < -0.4 is 0 Å².